The van der Waals surface area contributed by atoms with E-state index in [4.69, 9.17) is 11.6 Å². The number of piperidine rings is 1. The van der Waals surface area contributed by atoms with Crippen LogP contribution in [0.2, 0.25) is 5.15 Å². The molecule has 1 amide bonds. The van der Waals surface area contributed by atoms with Gasteiger partial charge in [-0.1, -0.05) is 11.6 Å². The molecule has 1 aliphatic rings. The molecule has 98 valence electrons. The summed E-state index contributed by atoms with van der Waals surface area (Å²) in [7, 11) is 0. The van der Waals surface area contributed by atoms with Crippen LogP contribution in [-0.2, 0) is 4.79 Å². The molecule has 6 heteroatoms. The highest BCUT2D eigenvalue weighted by Gasteiger charge is 2.14. The fourth-order valence-corrected chi connectivity index (χ4v) is 2.23. The smallest absolute Gasteiger partial charge is 0.230 e. The quantitative estimate of drug-likeness (QED) is 0.818. The van der Waals surface area contributed by atoms with Crippen molar-refractivity contribution in [1.82, 2.24) is 15.3 Å². The molecule has 1 fully saturated rings. The lowest BCUT2D eigenvalue weighted by Gasteiger charge is -2.21. The number of rotatable bonds is 4. The Labute approximate surface area is 111 Å². The van der Waals surface area contributed by atoms with Crippen LogP contribution in [0, 0.1) is 5.92 Å². The Bertz CT molecular complexity index is 407. The summed E-state index contributed by atoms with van der Waals surface area (Å²) in [5.41, 5.74) is 0. The molecule has 0 atom stereocenters. The van der Waals surface area contributed by atoms with Gasteiger partial charge in [0.05, 0.1) is 0 Å². The molecule has 0 spiro atoms. The van der Waals surface area contributed by atoms with Gasteiger partial charge in [-0.15, -0.1) is 0 Å². The van der Waals surface area contributed by atoms with Crippen molar-refractivity contribution >= 4 is 23.5 Å². The maximum absolute atomic E-state index is 11.7. The number of hydrogen-bond donors (Lipinski definition) is 2. The summed E-state index contributed by atoms with van der Waals surface area (Å²) in [6.07, 6.45) is 5.27. The van der Waals surface area contributed by atoms with Crippen LogP contribution in [0.15, 0.2) is 12.3 Å². The van der Waals surface area contributed by atoms with Crippen LogP contribution in [0.3, 0.4) is 0 Å². The highest BCUT2D eigenvalue weighted by atomic mass is 35.5. The molecule has 2 heterocycles. The summed E-state index contributed by atoms with van der Waals surface area (Å²) < 4.78 is 0. The third kappa shape index (κ3) is 4.23. The normalized spacial score (nSPS) is 16.5. The van der Waals surface area contributed by atoms with Gasteiger partial charge in [0.15, 0.2) is 0 Å². The Morgan fingerprint density at radius 1 is 1.50 bits per heavy atom. The molecular weight excluding hydrogens is 252 g/mol. The number of hydrogen-bond acceptors (Lipinski definition) is 4. The Balaban J connectivity index is 1.74. The first-order valence-electron chi connectivity index (χ1n) is 6.23. The van der Waals surface area contributed by atoms with Gasteiger partial charge in [0, 0.05) is 12.6 Å². The number of anilines is 1. The minimum Gasteiger partial charge on any atom is -0.317 e. The molecule has 18 heavy (non-hydrogen) atoms. The van der Waals surface area contributed by atoms with Gasteiger partial charge in [-0.2, -0.15) is 0 Å². The Hall–Kier alpha value is -1.20. The van der Waals surface area contributed by atoms with Gasteiger partial charge < -0.3 is 5.32 Å². The van der Waals surface area contributed by atoms with Crippen LogP contribution in [-0.4, -0.2) is 29.0 Å². The number of amides is 1. The first-order chi connectivity index (χ1) is 8.74. The van der Waals surface area contributed by atoms with Crippen molar-refractivity contribution in [3.63, 3.8) is 0 Å². The first kappa shape index (κ1) is 13.2. The van der Waals surface area contributed by atoms with Crippen LogP contribution in [0.1, 0.15) is 25.7 Å². The summed E-state index contributed by atoms with van der Waals surface area (Å²) in [4.78, 5) is 19.6. The lowest BCUT2D eigenvalue weighted by atomic mass is 9.93. The molecule has 2 rings (SSSR count). The maximum Gasteiger partial charge on any atom is 0.230 e. The summed E-state index contributed by atoms with van der Waals surface area (Å²) in [5, 5.41) is 6.31. The van der Waals surface area contributed by atoms with Crippen molar-refractivity contribution in [2.75, 3.05) is 18.4 Å². The van der Waals surface area contributed by atoms with Crippen LogP contribution in [0.4, 0.5) is 5.95 Å². The number of carbonyl (C=O) groups excluding carboxylic acids is 1. The highest BCUT2D eigenvalue weighted by Crippen LogP contribution is 2.18. The molecule has 0 unspecified atom stereocenters. The van der Waals surface area contributed by atoms with Crippen molar-refractivity contribution in [3.8, 4) is 0 Å². The van der Waals surface area contributed by atoms with E-state index in [2.05, 4.69) is 20.6 Å². The lowest BCUT2D eigenvalue weighted by Crippen LogP contribution is -2.28. The largest absolute Gasteiger partial charge is 0.317 e. The summed E-state index contributed by atoms with van der Waals surface area (Å²) in [6.45, 7) is 2.12. The number of aromatic nitrogens is 2. The number of nitrogens with zero attached hydrogens (tertiary/aromatic N) is 2. The average Bonchev–Trinajstić information content (AvgIpc) is 2.38. The van der Waals surface area contributed by atoms with Crippen LogP contribution in [0.25, 0.3) is 0 Å². The second-order valence-electron chi connectivity index (χ2n) is 4.48. The molecular formula is C12H17ClN4O. The predicted octanol–water partition coefficient (Wildman–Crippen LogP) is 1.85. The second kappa shape index (κ2) is 6.66. The molecule has 5 nitrogen and oxygen atoms in total. The first-order valence-corrected chi connectivity index (χ1v) is 6.61. The number of carbonyl (C=O) groups is 1. The molecule has 2 N–H and O–H groups in total. The second-order valence-corrected chi connectivity index (χ2v) is 4.87. The number of nitrogens with one attached hydrogen (secondary N) is 2. The van der Waals surface area contributed by atoms with E-state index in [1.54, 1.807) is 6.07 Å². The summed E-state index contributed by atoms with van der Waals surface area (Å²) in [6, 6.07) is 1.58. The van der Waals surface area contributed by atoms with Crippen molar-refractivity contribution in [2.24, 2.45) is 5.92 Å². The summed E-state index contributed by atoms with van der Waals surface area (Å²) in [5.74, 6) is 0.880. The highest BCUT2D eigenvalue weighted by molar-refractivity contribution is 6.29. The zero-order valence-electron chi connectivity index (χ0n) is 10.2. The van der Waals surface area contributed by atoms with Crippen LogP contribution >= 0.6 is 11.6 Å². The van der Waals surface area contributed by atoms with Gasteiger partial charge in [-0.3, -0.25) is 10.1 Å². The monoisotopic (exact) mass is 268 g/mol. The van der Waals surface area contributed by atoms with E-state index in [-0.39, 0.29) is 11.9 Å². The molecule has 0 bridgehead atoms. The molecule has 0 aromatic carbocycles. The zero-order valence-corrected chi connectivity index (χ0v) is 10.9. The lowest BCUT2D eigenvalue weighted by molar-refractivity contribution is -0.116. The van der Waals surface area contributed by atoms with Crippen molar-refractivity contribution in [3.05, 3.63) is 17.4 Å². The van der Waals surface area contributed by atoms with Gasteiger partial charge in [-0.25, -0.2) is 9.97 Å². The fraction of sp³-hybridized carbons (Fsp3) is 0.583. The van der Waals surface area contributed by atoms with Crippen molar-refractivity contribution < 1.29 is 4.79 Å². The van der Waals surface area contributed by atoms with E-state index < -0.39 is 0 Å². The van der Waals surface area contributed by atoms with Gasteiger partial charge in [0.2, 0.25) is 11.9 Å². The SMILES string of the molecule is O=C(CCC1CCNCC1)Nc1nccc(Cl)n1. The number of halogens is 1. The molecule has 1 aromatic heterocycles. The van der Waals surface area contributed by atoms with Gasteiger partial charge >= 0.3 is 0 Å². The molecule has 1 aliphatic heterocycles. The third-order valence-corrected chi connectivity index (χ3v) is 3.32. The molecule has 0 saturated carbocycles. The fourth-order valence-electron chi connectivity index (χ4n) is 2.09. The third-order valence-electron chi connectivity index (χ3n) is 3.11. The molecule has 1 saturated heterocycles. The van der Waals surface area contributed by atoms with E-state index in [1.807, 2.05) is 0 Å². The molecule has 0 aliphatic carbocycles. The van der Waals surface area contributed by atoms with Gasteiger partial charge in [0.1, 0.15) is 5.15 Å². The zero-order chi connectivity index (χ0) is 12.8. The van der Waals surface area contributed by atoms with Crippen LogP contribution < -0.4 is 10.6 Å². The van der Waals surface area contributed by atoms with Gasteiger partial charge in [-0.05, 0) is 44.3 Å². The Kier molecular flexibility index (Phi) is 4.90. The summed E-state index contributed by atoms with van der Waals surface area (Å²) >= 11 is 5.72. The Morgan fingerprint density at radius 2 is 2.28 bits per heavy atom. The average molecular weight is 269 g/mol. The van der Waals surface area contributed by atoms with Crippen molar-refractivity contribution in [2.45, 2.75) is 25.7 Å². The van der Waals surface area contributed by atoms with Crippen molar-refractivity contribution in [1.29, 1.82) is 0 Å². The maximum atomic E-state index is 11.7. The van der Waals surface area contributed by atoms with Crippen LogP contribution in [0.5, 0.6) is 0 Å². The minimum atomic E-state index is -0.0456. The van der Waals surface area contributed by atoms with E-state index in [1.165, 1.54) is 6.20 Å². The predicted molar refractivity (Wildman–Crippen MR) is 70.5 cm³/mol. The molecule has 0 radical (unpaired) electrons. The standard InChI is InChI=1S/C12H17ClN4O/c13-10-5-8-15-12(16-10)17-11(18)2-1-9-3-6-14-7-4-9/h5,8-9,14H,1-4,6-7H2,(H,15,16,17,18). The topological polar surface area (TPSA) is 66.9 Å². The Morgan fingerprint density at radius 3 is 3.00 bits per heavy atom. The van der Waals surface area contributed by atoms with E-state index in [0.717, 1.165) is 32.4 Å². The van der Waals surface area contributed by atoms with E-state index in [0.29, 0.717) is 17.5 Å². The minimum absolute atomic E-state index is 0.0456. The van der Waals surface area contributed by atoms with Gasteiger partial charge in [0.25, 0.3) is 0 Å². The van der Waals surface area contributed by atoms with E-state index >= 15 is 0 Å². The van der Waals surface area contributed by atoms with E-state index in [9.17, 15) is 4.79 Å². The molecule has 1 aromatic rings.